The van der Waals surface area contributed by atoms with Gasteiger partial charge in [-0.25, -0.2) is 0 Å². The molecule has 1 aliphatic carbocycles. The van der Waals surface area contributed by atoms with Crippen molar-refractivity contribution in [1.82, 2.24) is 15.5 Å². The van der Waals surface area contributed by atoms with Gasteiger partial charge in [0.2, 0.25) is 11.8 Å². The highest BCUT2D eigenvalue weighted by Crippen LogP contribution is 2.22. The minimum atomic E-state index is -0.423. The molecule has 31 heavy (non-hydrogen) atoms. The minimum absolute atomic E-state index is 0.00374. The molecule has 1 atom stereocenters. The van der Waals surface area contributed by atoms with E-state index < -0.39 is 6.04 Å². The second kappa shape index (κ2) is 11.1. The second-order valence-electron chi connectivity index (χ2n) is 8.35. The highest BCUT2D eigenvalue weighted by Gasteiger charge is 2.34. The third kappa shape index (κ3) is 6.19. The van der Waals surface area contributed by atoms with E-state index in [0.717, 1.165) is 24.8 Å². The number of hydrogen-bond acceptors (Lipinski definition) is 5. The molecule has 1 aromatic rings. The number of ether oxygens (including phenoxy) is 1. The molecule has 1 heterocycles. The van der Waals surface area contributed by atoms with Crippen LogP contribution in [0.2, 0.25) is 0 Å². The van der Waals surface area contributed by atoms with Crippen LogP contribution in [0.3, 0.4) is 0 Å². The molecule has 1 aliphatic heterocycles. The molecule has 170 valence electrons. The highest BCUT2D eigenvalue weighted by molar-refractivity contribution is 5.95. The molecule has 1 saturated carbocycles. The number of hydrogen-bond donors (Lipinski definition) is 4. The third-order valence-electron chi connectivity index (χ3n) is 6.15. The SMILES string of the molecule is CCOc1cc(C(=N)N)ccc1CNC(=O)[C@H]1CCCN1C(=O)CNC1CCCCC1. The summed E-state index contributed by atoms with van der Waals surface area (Å²) >= 11 is 0. The average molecular weight is 430 g/mol. The van der Waals surface area contributed by atoms with Gasteiger partial charge >= 0.3 is 0 Å². The number of nitrogens with one attached hydrogen (secondary N) is 3. The van der Waals surface area contributed by atoms with Crippen LogP contribution in [-0.4, -0.2) is 54.3 Å². The van der Waals surface area contributed by atoms with E-state index in [2.05, 4.69) is 10.6 Å². The number of amidine groups is 1. The van der Waals surface area contributed by atoms with Crippen LogP contribution in [0, 0.1) is 5.41 Å². The summed E-state index contributed by atoms with van der Waals surface area (Å²) in [5.41, 5.74) is 6.96. The standard InChI is InChI=1S/C23H35N5O3/c1-2-31-20-13-16(22(24)25)10-11-17(20)14-27-23(30)19-9-6-12-28(19)21(29)15-26-18-7-4-3-5-8-18/h10-11,13,18-19,26H,2-9,12,14-15H2,1H3,(H3,24,25)(H,27,30)/t19-/m1/s1. The summed E-state index contributed by atoms with van der Waals surface area (Å²) in [6.07, 6.45) is 7.50. The van der Waals surface area contributed by atoms with Crippen LogP contribution in [0.5, 0.6) is 5.75 Å². The first-order valence-corrected chi connectivity index (χ1v) is 11.4. The van der Waals surface area contributed by atoms with E-state index in [-0.39, 0.29) is 17.6 Å². The maximum Gasteiger partial charge on any atom is 0.243 e. The maximum absolute atomic E-state index is 12.9. The monoisotopic (exact) mass is 429 g/mol. The van der Waals surface area contributed by atoms with Gasteiger partial charge in [0.05, 0.1) is 13.2 Å². The number of carbonyl (C=O) groups is 2. The summed E-state index contributed by atoms with van der Waals surface area (Å²) in [4.78, 5) is 27.3. The molecule has 8 nitrogen and oxygen atoms in total. The number of benzene rings is 1. The number of carbonyl (C=O) groups excluding carboxylic acids is 2. The maximum atomic E-state index is 12.9. The molecule has 0 unspecified atom stereocenters. The Kier molecular flexibility index (Phi) is 8.28. The van der Waals surface area contributed by atoms with E-state index in [1.165, 1.54) is 19.3 Å². The first-order valence-electron chi connectivity index (χ1n) is 11.4. The average Bonchev–Trinajstić information content (AvgIpc) is 3.27. The van der Waals surface area contributed by atoms with Crippen LogP contribution in [0.4, 0.5) is 0 Å². The molecule has 2 aliphatic rings. The highest BCUT2D eigenvalue weighted by atomic mass is 16.5. The normalized spacial score (nSPS) is 19.3. The fraction of sp³-hybridized carbons (Fsp3) is 0.609. The van der Waals surface area contributed by atoms with Crippen molar-refractivity contribution in [2.75, 3.05) is 19.7 Å². The first kappa shape index (κ1) is 23.1. The van der Waals surface area contributed by atoms with Gasteiger partial charge in [-0.05, 0) is 38.7 Å². The summed E-state index contributed by atoms with van der Waals surface area (Å²) in [6, 6.07) is 5.27. The van der Waals surface area contributed by atoms with Gasteiger partial charge in [0.15, 0.2) is 0 Å². The summed E-state index contributed by atoms with van der Waals surface area (Å²) < 4.78 is 5.66. The zero-order chi connectivity index (χ0) is 22.2. The summed E-state index contributed by atoms with van der Waals surface area (Å²) in [7, 11) is 0. The lowest BCUT2D eigenvalue weighted by molar-refractivity contribution is -0.138. The number of nitrogens with two attached hydrogens (primary N) is 1. The van der Waals surface area contributed by atoms with Crippen molar-refractivity contribution in [2.45, 2.75) is 70.5 Å². The number of amides is 2. The Morgan fingerprint density at radius 3 is 2.68 bits per heavy atom. The van der Waals surface area contributed by atoms with Gasteiger partial charge in [-0.2, -0.15) is 0 Å². The van der Waals surface area contributed by atoms with Gasteiger partial charge in [-0.1, -0.05) is 31.4 Å². The van der Waals surface area contributed by atoms with Gasteiger partial charge in [0, 0.05) is 30.3 Å². The fourth-order valence-electron chi connectivity index (χ4n) is 4.44. The van der Waals surface area contributed by atoms with Crippen molar-refractivity contribution in [1.29, 1.82) is 5.41 Å². The zero-order valence-electron chi connectivity index (χ0n) is 18.4. The summed E-state index contributed by atoms with van der Waals surface area (Å²) in [6.45, 7) is 3.58. The van der Waals surface area contributed by atoms with Crippen molar-refractivity contribution in [3.8, 4) is 5.75 Å². The Balaban J connectivity index is 1.55. The van der Waals surface area contributed by atoms with Gasteiger partial charge in [0.1, 0.15) is 17.6 Å². The van der Waals surface area contributed by atoms with Crippen LogP contribution in [0.1, 0.15) is 63.0 Å². The smallest absolute Gasteiger partial charge is 0.243 e. The Bertz CT molecular complexity index is 791. The van der Waals surface area contributed by atoms with Gasteiger partial charge < -0.3 is 26.0 Å². The van der Waals surface area contributed by atoms with E-state index in [9.17, 15) is 9.59 Å². The lowest BCUT2D eigenvalue weighted by Crippen LogP contribution is -2.49. The molecule has 2 fully saturated rings. The van der Waals surface area contributed by atoms with E-state index in [4.69, 9.17) is 15.9 Å². The molecule has 8 heteroatoms. The topological polar surface area (TPSA) is 121 Å². The summed E-state index contributed by atoms with van der Waals surface area (Å²) in [5, 5.41) is 13.9. The van der Waals surface area contributed by atoms with Gasteiger partial charge in [0.25, 0.3) is 0 Å². The van der Waals surface area contributed by atoms with Crippen molar-refractivity contribution < 1.29 is 14.3 Å². The molecule has 5 N–H and O–H groups in total. The molecule has 0 spiro atoms. The van der Waals surface area contributed by atoms with Crippen LogP contribution >= 0.6 is 0 Å². The van der Waals surface area contributed by atoms with Crippen molar-refractivity contribution in [3.05, 3.63) is 29.3 Å². The fourth-order valence-corrected chi connectivity index (χ4v) is 4.44. The predicted molar refractivity (Wildman–Crippen MR) is 120 cm³/mol. The lowest BCUT2D eigenvalue weighted by Gasteiger charge is -2.27. The van der Waals surface area contributed by atoms with Crippen molar-refractivity contribution in [3.63, 3.8) is 0 Å². The number of nitrogen functional groups attached to an aromatic ring is 1. The van der Waals surface area contributed by atoms with Gasteiger partial charge in [-0.3, -0.25) is 15.0 Å². The Labute approximate surface area is 184 Å². The Morgan fingerprint density at radius 1 is 1.19 bits per heavy atom. The Hall–Kier alpha value is -2.61. The Morgan fingerprint density at radius 2 is 1.97 bits per heavy atom. The molecule has 1 aromatic carbocycles. The second-order valence-corrected chi connectivity index (χ2v) is 8.35. The van der Waals surface area contributed by atoms with E-state index in [1.54, 1.807) is 17.0 Å². The molecule has 0 bridgehead atoms. The van der Waals surface area contributed by atoms with Crippen LogP contribution in [-0.2, 0) is 16.1 Å². The molecule has 2 amide bonds. The molecule has 1 saturated heterocycles. The van der Waals surface area contributed by atoms with Crippen LogP contribution in [0.15, 0.2) is 18.2 Å². The number of nitrogens with zero attached hydrogens (tertiary/aromatic N) is 1. The van der Waals surface area contributed by atoms with Gasteiger partial charge in [-0.15, -0.1) is 0 Å². The first-order chi connectivity index (χ1) is 15.0. The van der Waals surface area contributed by atoms with Crippen molar-refractivity contribution >= 4 is 17.6 Å². The lowest BCUT2D eigenvalue weighted by atomic mass is 9.95. The van der Waals surface area contributed by atoms with E-state index >= 15 is 0 Å². The van der Waals surface area contributed by atoms with Crippen LogP contribution < -0.4 is 21.1 Å². The number of rotatable bonds is 9. The minimum Gasteiger partial charge on any atom is -0.494 e. The molecule has 0 radical (unpaired) electrons. The molecular weight excluding hydrogens is 394 g/mol. The molecule has 0 aromatic heterocycles. The number of likely N-dealkylation sites (tertiary alicyclic amines) is 1. The van der Waals surface area contributed by atoms with E-state index in [0.29, 0.717) is 50.0 Å². The zero-order valence-corrected chi connectivity index (χ0v) is 18.4. The van der Waals surface area contributed by atoms with Crippen LogP contribution in [0.25, 0.3) is 0 Å². The quantitative estimate of drug-likeness (QED) is 0.353. The largest absolute Gasteiger partial charge is 0.494 e. The summed E-state index contributed by atoms with van der Waals surface area (Å²) in [5.74, 6) is 0.440. The third-order valence-corrected chi connectivity index (χ3v) is 6.15. The predicted octanol–water partition coefficient (Wildman–Crippen LogP) is 1.90. The molecule has 3 rings (SSSR count). The van der Waals surface area contributed by atoms with Crippen molar-refractivity contribution in [2.24, 2.45) is 5.73 Å². The van der Waals surface area contributed by atoms with E-state index in [1.807, 2.05) is 13.0 Å². The molecular formula is C23H35N5O3.